The first-order valence-electron chi connectivity index (χ1n) is 7.91. The summed E-state index contributed by atoms with van der Waals surface area (Å²) in [4.78, 5) is 0. The molecule has 0 saturated heterocycles. The largest absolute Gasteiger partial charge is 0.389 e. The van der Waals surface area contributed by atoms with E-state index < -0.39 is 5.60 Å². The highest BCUT2D eigenvalue weighted by atomic mass is 16.3. The molecule has 3 nitrogen and oxygen atoms in total. The van der Waals surface area contributed by atoms with Gasteiger partial charge in [0.1, 0.15) is 0 Å². The molecule has 1 N–H and O–H groups in total. The first-order valence-corrected chi connectivity index (χ1v) is 7.91. The van der Waals surface area contributed by atoms with Gasteiger partial charge in [0, 0.05) is 19.2 Å². The van der Waals surface area contributed by atoms with Gasteiger partial charge < -0.3 is 5.11 Å². The summed E-state index contributed by atoms with van der Waals surface area (Å²) >= 11 is 0. The fraction of sp³-hybridized carbons (Fsp3) is 0.824. The molecule has 0 bridgehead atoms. The Morgan fingerprint density at radius 2 is 2.05 bits per heavy atom. The summed E-state index contributed by atoms with van der Waals surface area (Å²) in [5.74, 6) is 0.727. The molecule has 3 heteroatoms. The monoisotopic (exact) mass is 278 g/mol. The van der Waals surface area contributed by atoms with Crippen LogP contribution in [0.5, 0.6) is 0 Å². The molecule has 2 atom stereocenters. The van der Waals surface area contributed by atoms with Crippen molar-refractivity contribution in [1.82, 2.24) is 9.78 Å². The molecule has 114 valence electrons. The Balaban J connectivity index is 2.06. The fourth-order valence-electron chi connectivity index (χ4n) is 3.60. The molecule has 0 spiro atoms. The van der Waals surface area contributed by atoms with Crippen LogP contribution in [0.25, 0.3) is 0 Å². The number of aliphatic hydroxyl groups is 1. The lowest BCUT2D eigenvalue weighted by Gasteiger charge is -2.31. The lowest BCUT2D eigenvalue weighted by Crippen LogP contribution is -2.32. The summed E-state index contributed by atoms with van der Waals surface area (Å²) in [6, 6.07) is 2.10. The van der Waals surface area contributed by atoms with Crippen LogP contribution < -0.4 is 0 Å². The van der Waals surface area contributed by atoms with Crippen molar-refractivity contribution in [3.63, 3.8) is 0 Å². The minimum atomic E-state index is -0.541. The Kier molecular flexibility index (Phi) is 4.29. The van der Waals surface area contributed by atoms with E-state index in [1.807, 2.05) is 18.7 Å². The van der Waals surface area contributed by atoms with Gasteiger partial charge in [0.15, 0.2) is 0 Å². The van der Waals surface area contributed by atoms with Gasteiger partial charge in [-0.15, -0.1) is 0 Å². The minimum absolute atomic E-state index is 0.356. The second kappa shape index (κ2) is 5.51. The average molecular weight is 278 g/mol. The van der Waals surface area contributed by atoms with Gasteiger partial charge in [0.25, 0.3) is 0 Å². The van der Waals surface area contributed by atoms with Crippen LogP contribution in [-0.4, -0.2) is 20.5 Å². The van der Waals surface area contributed by atoms with E-state index in [0.717, 1.165) is 49.4 Å². The van der Waals surface area contributed by atoms with Gasteiger partial charge in [0.2, 0.25) is 0 Å². The van der Waals surface area contributed by atoms with Crippen LogP contribution in [0.2, 0.25) is 0 Å². The van der Waals surface area contributed by atoms with Crippen molar-refractivity contribution in [3.8, 4) is 0 Å². The highest BCUT2D eigenvalue weighted by Crippen LogP contribution is 2.40. The molecule has 2 unspecified atom stereocenters. The first-order chi connectivity index (χ1) is 9.20. The molecule has 0 radical (unpaired) electrons. The van der Waals surface area contributed by atoms with Crippen LogP contribution in [0.4, 0.5) is 0 Å². The van der Waals surface area contributed by atoms with E-state index in [9.17, 15) is 5.11 Å². The molecule has 1 heterocycles. The number of hydrogen-bond donors (Lipinski definition) is 1. The number of aromatic nitrogens is 2. The molecule has 1 fully saturated rings. The van der Waals surface area contributed by atoms with Crippen molar-refractivity contribution < 1.29 is 5.11 Å². The molecular weight excluding hydrogens is 248 g/mol. The topological polar surface area (TPSA) is 38.0 Å². The summed E-state index contributed by atoms with van der Waals surface area (Å²) in [5, 5.41) is 15.4. The Morgan fingerprint density at radius 3 is 2.60 bits per heavy atom. The molecule has 1 aromatic heterocycles. The fourth-order valence-corrected chi connectivity index (χ4v) is 3.60. The van der Waals surface area contributed by atoms with Crippen molar-refractivity contribution in [1.29, 1.82) is 0 Å². The summed E-state index contributed by atoms with van der Waals surface area (Å²) in [5.41, 5.74) is 2.00. The Hall–Kier alpha value is -0.830. The third-order valence-corrected chi connectivity index (χ3v) is 4.99. The minimum Gasteiger partial charge on any atom is -0.389 e. The number of aryl methyl sites for hydroxylation is 2. The standard InChI is InChI=1S/C17H30N2O/c1-13-11-15(19(5)18-13)12-17(20)9-6-7-14(8-10-17)16(2,3)4/h11,14,20H,6-10,12H2,1-5H3. The average Bonchev–Trinajstić information content (AvgIpc) is 2.50. The molecular formula is C17H30N2O. The SMILES string of the molecule is Cc1cc(CC2(O)CCCC(C(C)(C)C)CC2)n(C)n1. The van der Waals surface area contributed by atoms with Gasteiger partial charge in [-0.2, -0.15) is 5.10 Å². The van der Waals surface area contributed by atoms with Crippen LogP contribution in [0, 0.1) is 18.3 Å². The van der Waals surface area contributed by atoms with Gasteiger partial charge >= 0.3 is 0 Å². The molecule has 1 saturated carbocycles. The molecule has 1 aliphatic rings. The van der Waals surface area contributed by atoms with Gasteiger partial charge in [-0.3, -0.25) is 4.68 Å². The molecule has 0 amide bonds. The van der Waals surface area contributed by atoms with Crippen LogP contribution in [0.1, 0.15) is 64.3 Å². The van der Waals surface area contributed by atoms with Gasteiger partial charge in [-0.05, 0) is 50.0 Å². The number of rotatable bonds is 2. The van der Waals surface area contributed by atoms with E-state index in [1.165, 1.54) is 6.42 Å². The second-order valence-electron chi connectivity index (χ2n) is 7.80. The predicted molar refractivity (Wildman–Crippen MR) is 82.6 cm³/mol. The van der Waals surface area contributed by atoms with Crippen molar-refractivity contribution in [2.24, 2.45) is 18.4 Å². The smallest absolute Gasteiger partial charge is 0.0703 e. The Bertz CT molecular complexity index is 458. The first kappa shape index (κ1) is 15.6. The Labute approximate surface area is 123 Å². The van der Waals surface area contributed by atoms with E-state index in [0.29, 0.717) is 5.41 Å². The van der Waals surface area contributed by atoms with Gasteiger partial charge in [0.05, 0.1) is 11.3 Å². The van der Waals surface area contributed by atoms with Gasteiger partial charge in [-0.25, -0.2) is 0 Å². The zero-order chi connectivity index (χ0) is 15.0. The lowest BCUT2D eigenvalue weighted by atomic mass is 9.76. The second-order valence-corrected chi connectivity index (χ2v) is 7.80. The highest BCUT2D eigenvalue weighted by molar-refractivity contribution is 5.11. The van der Waals surface area contributed by atoms with E-state index in [1.54, 1.807) is 0 Å². The third kappa shape index (κ3) is 3.63. The third-order valence-electron chi connectivity index (χ3n) is 4.99. The van der Waals surface area contributed by atoms with Crippen LogP contribution in [0.3, 0.4) is 0 Å². The van der Waals surface area contributed by atoms with Crippen molar-refractivity contribution in [2.45, 2.75) is 71.8 Å². The lowest BCUT2D eigenvalue weighted by molar-refractivity contribution is 0.0208. The zero-order valence-corrected chi connectivity index (χ0v) is 13.7. The molecule has 1 aromatic rings. The molecule has 0 aliphatic heterocycles. The molecule has 2 rings (SSSR count). The predicted octanol–water partition coefficient (Wildman–Crippen LogP) is 3.63. The highest BCUT2D eigenvalue weighted by Gasteiger charge is 2.35. The summed E-state index contributed by atoms with van der Waals surface area (Å²) in [6.45, 7) is 8.99. The normalized spacial score (nSPS) is 28.4. The van der Waals surface area contributed by atoms with Crippen molar-refractivity contribution in [3.05, 3.63) is 17.5 Å². The van der Waals surface area contributed by atoms with E-state index >= 15 is 0 Å². The molecule has 0 aromatic carbocycles. The van der Waals surface area contributed by atoms with Crippen molar-refractivity contribution in [2.75, 3.05) is 0 Å². The van der Waals surface area contributed by atoms with Crippen molar-refractivity contribution >= 4 is 0 Å². The zero-order valence-electron chi connectivity index (χ0n) is 13.7. The summed E-state index contributed by atoms with van der Waals surface area (Å²) in [7, 11) is 1.97. The summed E-state index contributed by atoms with van der Waals surface area (Å²) < 4.78 is 1.92. The van der Waals surface area contributed by atoms with Gasteiger partial charge in [-0.1, -0.05) is 27.2 Å². The van der Waals surface area contributed by atoms with Crippen LogP contribution in [0.15, 0.2) is 6.07 Å². The number of nitrogens with zero attached hydrogens (tertiary/aromatic N) is 2. The maximum absolute atomic E-state index is 11.0. The maximum atomic E-state index is 11.0. The molecule has 20 heavy (non-hydrogen) atoms. The maximum Gasteiger partial charge on any atom is 0.0703 e. The number of hydrogen-bond acceptors (Lipinski definition) is 2. The molecule has 1 aliphatic carbocycles. The van der Waals surface area contributed by atoms with E-state index in [4.69, 9.17) is 0 Å². The summed E-state index contributed by atoms with van der Waals surface area (Å²) in [6.07, 6.45) is 6.09. The quantitative estimate of drug-likeness (QED) is 0.839. The van der Waals surface area contributed by atoms with E-state index in [-0.39, 0.29) is 0 Å². The Morgan fingerprint density at radius 1 is 1.35 bits per heavy atom. The van der Waals surface area contributed by atoms with Crippen LogP contribution in [-0.2, 0) is 13.5 Å². The van der Waals surface area contributed by atoms with E-state index in [2.05, 4.69) is 31.9 Å². The van der Waals surface area contributed by atoms with Crippen LogP contribution >= 0.6 is 0 Å².